The number of nitrogens with one attached hydrogen (secondary N) is 2. The smallest absolute Gasteiger partial charge is 0.416 e. The molecular weight excluding hydrogens is 279 g/mol. The molecule has 110 valence electrons. The monoisotopic (exact) mass is 291 g/mol. The number of hydrogen-bond acceptors (Lipinski definition) is 3. The number of anilines is 1. The molecule has 0 heterocycles. The van der Waals surface area contributed by atoms with Crippen LogP contribution in [0.5, 0.6) is 0 Å². The first-order valence-corrected chi connectivity index (χ1v) is 5.30. The van der Waals surface area contributed by atoms with Gasteiger partial charge in [0.05, 0.1) is 16.8 Å². The zero-order valence-corrected chi connectivity index (χ0v) is 10.6. The highest BCUT2D eigenvalue weighted by atomic mass is 19.4. The number of carboxylic acid groups (broad SMARTS) is 1. The molecule has 6 nitrogen and oxygen atoms in total. The van der Waals surface area contributed by atoms with Gasteiger partial charge < -0.3 is 10.4 Å². The van der Waals surface area contributed by atoms with E-state index in [0.29, 0.717) is 12.1 Å². The normalized spacial score (nSPS) is 11.3. The van der Waals surface area contributed by atoms with Crippen LogP contribution < -0.4 is 10.7 Å². The molecule has 20 heavy (non-hydrogen) atoms. The highest BCUT2D eigenvalue weighted by molar-refractivity contribution is 6.00. The van der Waals surface area contributed by atoms with Crippen LogP contribution in [0.25, 0.3) is 0 Å². The van der Waals surface area contributed by atoms with Crippen LogP contribution in [0.4, 0.5) is 23.7 Å². The predicted molar refractivity (Wildman–Crippen MR) is 64.2 cm³/mol. The largest absolute Gasteiger partial charge is 0.478 e. The molecule has 0 aromatic heterocycles. The van der Waals surface area contributed by atoms with Crippen molar-refractivity contribution in [1.82, 2.24) is 10.4 Å². The minimum Gasteiger partial charge on any atom is -0.478 e. The molecule has 0 saturated heterocycles. The van der Waals surface area contributed by atoms with E-state index in [1.54, 1.807) is 0 Å². The third-order valence-electron chi connectivity index (χ3n) is 2.15. The van der Waals surface area contributed by atoms with Gasteiger partial charge in [-0.15, -0.1) is 0 Å². The average Bonchev–Trinajstić information content (AvgIpc) is 2.26. The Morgan fingerprint density at radius 3 is 2.30 bits per heavy atom. The lowest BCUT2D eigenvalue weighted by Crippen LogP contribution is -2.39. The summed E-state index contributed by atoms with van der Waals surface area (Å²) in [5.41, 5.74) is 0.291. The van der Waals surface area contributed by atoms with Crippen LogP contribution in [0.3, 0.4) is 0 Å². The van der Waals surface area contributed by atoms with Crippen LogP contribution in [0.1, 0.15) is 15.9 Å². The molecule has 0 aliphatic rings. The number of carboxylic acids is 1. The van der Waals surface area contributed by atoms with Crippen molar-refractivity contribution in [1.29, 1.82) is 0 Å². The molecule has 0 saturated carbocycles. The van der Waals surface area contributed by atoms with Crippen LogP contribution in [-0.2, 0) is 6.18 Å². The number of nitrogens with zero attached hydrogens (tertiary/aromatic N) is 1. The highest BCUT2D eigenvalue weighted by Crippen LogP contribution is 2.31. The molecule has 1 aromatic carbocycles. The zero-order chi connectivity index (χ0) is 15.5. The lowest BCUT2D eigenvalue weighted by Gasteiger charge is -2.15. The zero-order valence-electron chi connectivity index (χ0n) is 10.6. The Kier molecular flexibility index (Phi) is 4.56. The summed E-state index contributed by atoms with van der Waals surface area (Å²) >= 11 is 0. The number of hydrazine groups is 1. The van der Waals surface area contributed by atoms with Gasteiger partial charge in [0.2, 0.25) is 0 Å². The summed E-state index contributed by atoms with van der Waals surface area (Å²) in [6, 6.07) is 1.28. The fourth-order valence-corrected chi connectivity index (χ4v) is 1.36. The number of benzene rings is 1. The van der Waals surface area contributed by atoms with Gasteiger partial charge in [-0.05, 0) is 18.2 Å². The highest BCUT2D eigenvalue weighted by Gasteiger charge is 2.32. The van der Waals surface area contributed by atoms with Crippen molar-refractivity contribution in [3.63, 3.8) is 0 Å². The summed E-state index contributed by atoms with van der Waals surface area (Å²) in [5, 5.41) is 12.4. The Labute approximate surface area is 112 Å². The molecule has 2 amide bonds. The SMILES string of the molecule is CN(C)NC(=O)Nc1ccc(C(F)(F)F)cc1C(=O)O. The third-order valence-corrected chi connectivity index (χ3v) is 2.15. The van der Waals surface area contributed by atoms with Crippen molar-refractivity contribution in [3.8, 4) is 0 Å². The number of alkyl halides is 3. The molecule has 1 rings (SSSR count). The van der Waals surface area contributed by atoms with E-state index >= 15 is 0 Å². The number of aromatic carboxylic acids is 1. The van der Waals surface area contributed by atoms with E-state index in [-0.39, 0.29) is 5.69 Å². The fourth-order valence-electron chi connectivity index (χ4n) is 1.36. The minimum absolute atomic E-state index is 0.232. The maximum atomic E-state index is 12.5. The molecule has 0 bridgehead atoms. The Bertz CT molecular complexity index is 529. The van der Waals surface area contributed by atoms with Crippen LogP contribution in [0.2, 0.25) is 0 Å². The standard InChI is InChI=1S/C11H12F3N3O3/c1-17(2)16-10(20)15-8-4-3-6(11(12,13)14)5-7(8)9(18)19/h3-5H,1-2H3,(H,18,19)(H2,15,16,20). The van der Waals surface area contributed by atoms with E-state index in [1.807, 2.05) is 0 Å². The van der Waals surface area contributed by atoms with E-state index < -0.39 is 29.3 Å². The van der Waals surface area contributed by atoms with Crippen molar-refractivity contribution >= 4 is 17.7 Å². The second kappa shape index (κ2) is 5.78. The first kappa shape index (κ1) is 15.8. The van der Waals surface area contributed by atoms with Crippen LogP contribution >= 0.6 is 0 Å². The number of hydrogen-bond donors (Lipinski definition) is 3. The fraction of sp³-hybridized carbons (Fsp3) is 0.273. The molecule has 0 radical (unpaired) electrons. The number of carbonyl (C=O) groups is 2. The van der Waals surface area contributed by atoms with Gasteiger partial charge in [-0.3, -0.25) is 5.43 Å². The second-order valence-corrected chi connectivity index (χ2v) is 4.02. The van der Waals surface area contributed by atoms with Crippen molar-refractivity contribution < 1.29 is 27.9 Å². The third kappa shape index (κ3) is 4.12. The summed E-state index contributed by atoms with van der Waals surface area (Å²) in [6.45, 7) is 0. The Hall–Kier alpha value is -2.29. The van der Waals surface area contributed by atoms with Gasteiger partial charge in [0.15, 0.2) is 0 Å². The van der Waals surface area contributed by atoms with E-state index in [0.717, 1.165) is 6.07 Å². The van der Waals surface area contributed by atoms with E-state index in [9.17, 15) is 22.8 Å². The van der Waals surface area contributed by atoms with E-state index in [4.69, 9.17) is 5.11 Å². The molecule has 1 aromatic rings. The summed E-state index contributed by atoms with van der Waals surface area (Å²) in [7, 11) is 3.04. The summed E-state index contributed by atoms with van der Waals surface area (Å²) < 4.78 is 37.5. The maximum Gasteiger partial charge on any atom is 0.416 e. The first-order valence-electron chi connectivity index (χ1n) is 5.30. The molecule has 0 fully saturated rings. The van der Waals surface area contributed by atoms with Crippen molar-refractivity contribution in [2.45, 2.75) is 6.18 Å². The molecule has 3 N–H and O–H groups in total. The number of carbonyl (C=O) groups excluding carboxylic acids is 1. The quantitative estimate of drug-likeness (QED) is 0.744. The average molecular weight is 291 g/mol. The van der Waals surface area contributed by atoms with Crippen LogP contribution in [-0.4, -0.2) is 36.2 Å². The van der Waals surface area contributed by atoms with Gasteiger partial charge in [-0.1, -0.05) is 0 Å². The van der Waals surface area contributed by atoms with Crippen LogP contribution in [0.15, 0.2) is 18.2 Å². The maximum absolute atomic E-state index is 12.5. The van der Waals surface area contributed by atoms with Gasteiger partial charge in [0.25, 0.3) is 0 Å². The van der Waals surface area contributed by atoms with E-state index in [2.05, 4.69) is 10.7 Å². The summed E-state index contributed by atoms with van der Waals surface area (Å²) in [5.74, 6) is -1.57. The topological polar surface area (TPSA) is 81.7 Å². The number of urea groups is 1. The Balaban J connectivity index is 3.08. The van der Waals surface area contributed by atoms with Gasteiger partial charge in [-0.25, -0.2) is 14.6 Å². The van der Waals surface area contributed by atoms with Crippen molar-refractivity contribution in [2.75, 3.05) is 19.4 Å². The number of halogens is 3. The molecule has 0 aliphatic carbocycles. The van der Waals surface area contributed by atoms with Crippen LogP contribution in [0, 0.1) is 0 Å². The molecule has 0 aliphatic heterocycles. The van der Waals surface area contributed by atoms with Gasteiger partial charge >= 0.3 is 18.2 Å². The van der Waals surface area contributed by atoms with Gasteiger partial charge in [0.1, 0.15) is 0 Å². The number of rotatable bonds is 3. The van der Waals surface area contributed by atoms with Crippen molar-refractivity contribution in [3.05, 3.63) is 29.3 Å². The second-order valence-electron chi connectivity index (χ2n) is 4.02. The molecule has 0 spiro atoms. The number of amides is 2. The minimum atomic E-state index is -4.66. The Morgan fingerprint density at radius 1 is 1.25 bits per heavy atom. The van der Waals surface area contributed by atoms with E-state index in [1.165, 1.54) is 19.1 Å². The van der Waals surface area contributed by atoms with Gasteiger partial charge in [0, 0.05) is 14.1 Å². The molecular formula is C11H12F3N3O3. The van der Waals surface area contributed by atoms with Crippen molar-refractivity contribution in [2.24, 2.45) is 0 Å². The van der Waals surface area contributed by atoms with Gasteiger partial charge in [-0.2, -0.15) is 13.2 Å². The molecule has 0 atom stereocenters. The first-order chi connectivity index (χ1) is 9.11. The molecule has 0 unspecified atom stereocenters. The summed E-state index contributed by atoms with van der Waals surface area (Å²) in [4.78, 5) is 22.4. The summed E-state index contributed by atoms with van der Waals surface area (Å²) in [6.07, 6.45) is -4.66. The lowest BCUT2D eigenvalue weighted by molar-refractivity contribution is -0.137. The predicted octanol–water partition coefficient (Wildman–Crippen LogP) is 2.00. The lowest BCUT2D eigenvalue weighted by atomic mass is 10.1. The molecule has 9 heteroatoms. The Morgan fingerprint density at radius 2 is 1.85 bits per heavy atom.